The molecule has 19 heavy (non-hydrogen) atoms. The minimum absolute atomic E-state index is 0.338. The average Bonchev–Trinajstić information content (AvgIpc) is 2.30. The topological polar surface area (TPSA) is 32.7 Å². The van der Waals surface area contributed by atoms with Gasteiger partial charge in [-0.05, 0) is 43.9 Å². The molecule has 1 aromatic rings. The number of rotatable bonds is 4. The number of hydrogen-bond acceptors (Lipinski definition) is 3. The summed E-state index contributed by atoms with van der Waals surface area (Å²) in [5, 5.41) is 9.29. The van der Waals surface area contributed by atoms with Crippen molar-refractivity contribution in [3.8, 4) is 5.75 Å². The fraction of sp³-hybridized carbons (Fsp3) is 0.625. The minimum Gasteiger partial charge on any atom is -0.508 e. The number of aromatic hydroxyl groups is 1. The first-order valence-corrected chi connectivity index (χ1v) is 7.18. The van der Waals surface area contributed by atoms with Crippen LogP contribution in [0.2, 0.25) is 0 Å². The first kappa shape index (κ1) is 14.4. The molecule has 106 valence electrons. The van der Waals surface area contributed by atoms with E-state index in [1.807, 2.05) is 12.1 Å². The molecule has 0 aliphatic carbocycles. The third kappa shape index (κ3) is 4.51. The van der Waals surface area contributed by atoms with Gasteiger partial charge in [-0.1, -0.05) is 19.1 Å². The summed E-state index contributed by atoms with van der Waals surface area (Å²) < 4.78 is 5.76. The van der Waals surface area contributed by atoms with Gasteiger partial charge in [0.1, 0.15) is 5.75 Å². The van der Waals surface area contributed by atoms with Crippen molar-refractivity contribution in [1.82, 2.24) is 4.90 Å². The third-order valence-corrected chi connectivity index (χ3v) is 3.59. The molecule has 3 atom stereocenters. The van der Waals surface area contributed by atoms with E-state index in [-0.39, 0.29) is 0 Å². The smallest absolute Gasteiger partial charge is 0.115 e. The SMILES string of the molecule is CC(Cc1ccc(O)cc1)CN1CC(C)OC(C)C1. The molecule has 0 saturated carbocycles. The molecule has 2 rings (SSSR count). The predicted molar refractivity (Wildman–Crippen MR) is 77.4 cm³/mol. The van der Waals surface area contributed by atoms with Crippen LogP contribution in [0.5, 0.6) is 5.75 Å². The molecule has 1 saturated heterocycles. The summed E-state index contributed by atoms with van der Waals surface area (Å²) in [6, 6.07) is 7.55. The van der Waals surface area contributed by atoms with E-state index in [2.05, 4.69) is 25.7 Å². The van der Waals surface area contributed by atoms with Crippen molar-refractivity contribution in [3.63, 3.8) is 0 Å². The van der Waals surface area contributed by atoms with E-state index in [4.69, 9.17) is 4.74 Å². The Morgan fingerprint density at radius 3 is 2.37 bits per heavy atom. The maximum atomic E-state index is 9.29. The molecule has 1 aliphatic heterocycles. The molecule has 0 aromatic heterocycles. The number of nitrogens with zero attached hydrogens (tertiary/aromatic N) is 1. The Balaban J connectivity index is 1.83. The highest BCUT2D eigenvalue weighted by molar-refractivity contribution is 5.26. The van der Waals surface area contributed by atoms with Crippen molar-refractivity contribution >= 4 is 0 Å². The first-order chi connectivity index (χ1) is 9.02. The van der Waals surface area contributed by atoms with Gasteiger partial charge in [0.15, 0.2) is 0 Å². The van der Waals surface area contributed by atoms with Crippen molar-refractivity contribution in [1.29, 1.82) is 0 Å². The van der Waals surface area contributed by atoms with Gasteiger partial charge in [0, 0.05) is 19.6 Å². The van der Waals surface area contributed by atoms with Crippen LogP contribution in [0.25, 0.3) is 0 Å². The van der Waals surface area contributed by atoms with E-state index in [1.165, 1.54) is 5.56 Å². The molecule has 3 heteroatoms. The van der Waals surface area contributed by atoms with E-state index in [0.717, 1.165) is 26.1 Å². The molecule has 1 aromatic carbocycles. The van der Waals surface area contributed by atoms with Gasteiger partial charge in [0.25, 0.3) is 0 Å². The number of phenolic OH excluding ortho intramolecular Hbond substituents is 1. The second kappa shape index (κ2) is 6.40. The van der Waals surface area contributed by atoms with Crippen LogP contribution < -0.4 is 0 Å². The predicted octanol–water partition coefficient (Wildman–Crippen LogP) is 2.68. The summed E-state index contributed by atoms with van der Waals surface area (Å²) in [7, 11) is 0. The summed E-state index contributed by atoms with van der Waals surface area (Å²) in [5.74, 6) is 0.953. The van der Waals surface area contributed by atoms with E-state index in [1.54, 1.807) is 12.1 Å². The number of benzene rings is 1. The molecule has 3 unspecified atom stereocenters. The zero-order valence-electron chi connectivity index (χ0n) is 12.2. The summed E-state index contributed by atoms with van der Waals surface area (Å²) in [6.45, 7) is 9.76. The number of morpholine rings is 1. The zero-order chi connectivity index (χ0) is 13.8. The Bertz CT molecular complexity index is 380. The number of phenols is 1. The molecule has 0 amide bonds. The van der Waals surface area contributed by atoms with E-state index >= 15 is 0 Å². The molecule has 0 radical (unpaired) electrons. The summed E-state index contributed by atoms with van der Waals surface area (Å²) in [5.41, 5.74) is 1.29. The van der Waals surface area contributed by atoms with Crippen LogP contribution in [0.1, 0.15) is 26.3 Å². The molecular weight excluding hydrogens is 238 g/mol. The van der Waals surface area contributed by atoms with Gasteiger partial charge in [-0.25, -0.2) is 0 Å². The van der Waals surface area contributed by atoms with Gasteiger partial charge in [-0.2, -0.15) is 0 Å². The van der Waals surface area contributed by atoms with Crippen LogP contribution in [0.4, 0.5) is 0 Å². The summed E-state index contributed by atoms with van der Waals surface area (Å²) in [4.78, 5) is 2.50. The molecular formula is C16H25NO2. The van der Waals surface area contributed by atoms with Crippen molar-refractivity contribution in [3.05, 3.63) is 29.8 Å². The lowest BCUT2D eigenvalue weighted by atomic mass is 10.00. The van der Waals surface area contributed by atoms with Crippen LogP contribution >= 0.6 is 0 Å². The van der Waals surface area contributed by atoms with E-state index < -0.39 is 0 Å². The normalized spacial score (nSPS) is 26.3. The Morgan fingerprint density at radius 1 is 1.21 bits per heavy atom. The quantitative estimate of drug-likeness (QED) is 0.906. The number of hydrogen-bond donors (Lipinski definition) is 1. The lowest BCUT2D eigenvalue weighted by Gasteiger charge is -2.36. The highest BCUT2D eigenvalue weighted by Crippen LogP contribution is 2.17. The third-order valence-electron chi connectivity index (χ3n) is 3.59. The second-order valence-electron chi connectivity index (χ2n) is 5.95. The zero-order valence-corrected chi connectivity index (χ0v) is 12.2. The summed E-state index contributed by atoms with van der Waals surface area (Å²) >= 11 is 0. The Morgan fingerprint density at radius 2 is 1.79 bits per heavy atom. The van der Waals surface area contributed by atoms with Gasteiger partial charge in [0.05, 0.1) is 12.2 Å². The van der Waals surface area contributed by atoms with Crippen LogP contribution in [0.3, 0.4) is 0 Å². The molecule has 3 nitrogen and oxygen atoms in total. The van der Waals surface area contributed by atoms with Crippen LogP contribution in [-0.4, -0.2) is 41.8 Å². The molecule has 1 aliphatic rings. The van der Waals surface area contributed by atoms with E-state index in [9.17, 15) is 5.11 Å². The molecule has 0 spiro atoms. The highest BCUT2D eigenvalue weighted by Gasteiger charge is 2.23. The molecule has 1 fully saturated rings. The molecule has 1 heterocycles. The average molecular weight is 263 g/mol. The van der Waals surface area contributed by atoms with Gasteiger partial charge in [-0.3, -0.25) is 4.90 Å². The highest BCUT2D eigenvalue weighted by atomic mass is 16.5. The summed E-state index contributed by atoms with van der Waals surface area (Å²) in [6.07, 6.45) is 1.73. The lowest BCUT2D eigenvalue weighted by Crippen LogP contribution is -2.47. The molecule has 0 bridgehead atoms. The Kier molecular flexibility index (Phi) is 4.83. The maximum Gasteiger partial charge on any atom is 0.115 e. The van der Waals surface area contributed by atoms with Crippen molar-refractivity contribution in [2.24, 2.45) is 5.92 Å². The van der Waals surface area contributed by atoms with Crippen molar-refractivity contribution < 1.29 is 9.84 Å². The van der Waals surface area contributed by atoms with Gasteiger partial charge in [0.2, 0.25) is 0 Å². The lowest BCUT2D eigenvalue weighted by molar-refractivity contribution is -0.0708. The Hall–Kier alpha value is -1.06. The number of ether oxygens (including phenoxy) is 1. The monoisotopic (exact) mass is 263 g/mol. The largest absolute Gasteiger partial charge is 0.508 e. The Labute approximate surface area is 116 Å². The fourth-order valence-electron chi connectivity index (χ4n) is 2.97. The standard InChI is InChI=1S/C16H25NO2/c1-12(8-15-4-6-16(18)7-5-15)9-17-10-13(2)19-14(3)11-17/h4-7,12-14,18H,8-11H2,1-3H3. The maximum absolute atomic E-state index is 9.29. The fourth-order valence-corrected chi connectivity index (χ4v) is 2.97. The van der Waals surface area contributed by atoms with Crippen LogP contribution in [0.15, 0.2) is 24.3 Å². The first-order valence-electron chi connectivity index (χ1n) is 7.18. The minimum atomic E-state index is 0.338. The van der Waals surface area contributed by atoms with Gasteiger partial charge >= 0.3 is 0 Å². The van der Waals surface area contributed by atoms with Crippen molar-refractivity contribution in [2.75, 3.05) is 19.6 Å². The molecule has 1 N–H and O–H groups in total. The second-order valence-corrected chi connectivity index (χ2v) is 5.95. The van der Waals surface area contributed by atoms with Crippen LogP contribution in [0, 0.1) is 5.92 Å². The van der Waals surface area contributed by atoms with E-state index in [0.29, 0.717) is 23.9 Å². The van der Waals surface area contributed by atoms with Gasteiger partial charge in [-0.15, -0.1) is 0 Å². The van der Waals surface area contributed by atoms with Crippen LogP contribution in [-0.2, 0) is 11.2 Å². The van der Waals surface area contributed by atoms with Gasteiger partial charge < -0.3 is 9.84 Å². The van der Waals surface area contributed by atoms with Crippen molar-refractivity contribution in [2.45, 2.75) is 39.4 Å².